The Morgan fingerprint density at radius 2 is 1.43 bits per heavy atom. The number of alkyl halides is 1. The monoisotopic (exact) mass is 354 g/mol. The van der Waals surface area contributed by atoms with Crippen LogP contribution in [0.2, 0.25) is 0 Å². The summed E-state index contributed by atoms with van der Waals surface area (Å²) in [6.07, 6.45) is 0. The zero-order valence-electron chi connectivity index (χ0n) is 12.4. The van der Waals surface area contributed by atoms with Crippen molar-refractivity contribution < 1.29 is 22.7 Å². The van der Waals surface area contributed by atoms with Gasteiger partial charge in [-0.05, 0) is 32.9 Å². The third kappa shape index (κ3) is 4.41. The normalized spacial score (nSPS) is 16.4. The van der Waals surface area contributed by atoms with Crippen molar-refractivity contribution in [3.8, 4) is 0 Å². The van der Waals surface area contributed by atoms with E-state index in [1.54, 1.807) is 51.1 Å². The van der Waals surface area contributed by atoms with Crippen molar-refractivity contribution in [2.24, 2.45) is 0 Å². The van der Waals surface area contributed by atoms with E-state index in [1.165, 1.54) is 0 Å². The van der Waals surface area contributed by atoms with Crippen molar-refractivity contribution >= 4 is 31.9 Å². The fourth-order valence-electron chi connectivity index (χ4n) is 1.79. The maximum absolute atomic E-state index is 13.2. The van der Waals surface area contributed by atoms with Crippen LogP contribution in [0.25, 0.3) is 0 Å². The molecule has 0 heterocycles. The van der Waals surface area contributed by atoms with Gasteiger partial charge in [0.25, 0.3) is 7.37 Å². The topological polar surface area (TPSA) is 61.8 Å². The van der Waals surface area contributed by atoms with E-state index in [0.29, 0.717) is 5.30 Å². The lowest BCUT2D eigenvalue weighted by atomic mass is 10.4. The molecule has 0 spiro atoms. The van der Waals surface area contributed by atoms with Gasteiger partial charge in [-0.25, -0.2) is 0 Å². The molecule has 0 fully saturated rings. The van der Waals surface area contributed by atoms with Gasteiger partial charge in [-0.2, -0.15) is 0 Å². The molecule has 0 saturated heterocycles. The Morgan fingerprint density at radius 3 is 1.86 bits per heavy atom. The van der Waals surface area contributed by atoms with Gasteiger partial charge >= 0.3 is 7.60 Å². The van der Waals surface area contributed by atoms with Crippen molar-refractivity contribution in [1.82, 2.24) is 0 Å². The first-order valence-electron chi connectivity index (χ1n) is 6.77. The Hall–Kier alpha value is -0.150. The van der Waals surface area contributed by atoms with E-state index in [4.69, 9.17) is 25.2 Å². The maximum atomic E-state index is 13.2. The molecule has 0 bridgehead atoms. The van der Waals surface area contributed by atoms with Gasteiger partial charge < -0.3 is 13.6 Å². The van der Waals surface area contributed by atoms with Crippen LogP contribution in [0.4, 0.5) is 0 Å². The molecule has 2 atom stereocenters. The molecule has 1 rings (SSSR count). The summed E-state index contributed by atoms with van der Waals surface area (Å²) in [4.78, 5) is -1.38. The van der Waals surface area contributed by atoms with Crippen LogP contribution in [0, 0.1) is 0 Å². The van der Waals surface area contributed by atoms with Crippen LogP contribution in [0.5, 0.6) is 0 Å². The molecule has 8 heteroatoms. The smallest absolute Gasteiger partial charge is 0.324 e. The fourth-order valence-corrected chi connectivity index (χ4v) is 7.66. The third-order valence-electron chi connectivity index (χ3n) is 2.60. The summed E-state index contributed by atoms with van der Waals surface area (Å²) in [7, 11) is -7.34. The predicted octanol–water partition coefficient (Wildman–Crippen LogP) is 4.42. The van der Waals surface area contributed by atoms with Gasteiger partial charge in [0.1, 0.15) is 0 Å². The third-order valence-corrected chi connectivity index (χ3v) is 9.82. The molecule has 0 amide bonds. The minimum absolute atomic E-state index is 0.140. The molecular formula is C13H21ClO5P2. The predicted molar refractivity (Wildman–Crippen MR) is 85.8 cm³/mol. The lowest BCUT2D eigenvalue weighted by Gasteiger charge is -2.28. The highest BCUT2D eigenvalue weighted by molar-refractivity contribution is 7.82. The van der Waals surface area contributed by atoms with Crippen molar-refractivity contribution in [3.05, 3.63) is 30.3 Å². The van der Waals surface area contributed by atoms with E-state index in [2.05, 4.69) is 0 Å². The van der Waals surface area contributed by atoms with E-state index >= 15 is 0 Å². The molecule has 120 valence electrons. The molecule has 0 aliphatic carbocycles. The Labute approximate surface area is 130 Å². The Morgan fingerprint density at radius 1 is 0.952 bits per heavy atom. The second-order valence-electron chi connectivity index (χ2n) is 4.04. The van der Waals surface area contributed by atoms with Gasteiger partial charge in [0.2, 0.25) is 4.86 Å². The summed E-state index contributed by atoms with van der Waals surface area (Å²) < 4.78 is 41.8. The highest BCUT2D eigenvalue weighted by atomic mass is 35.5. The number of hydrogen-bond donors (Lipinski definition) is 0. The number of rotatable bonds is 9. The first-order valence-corrected chi connectivity index (χ1v) is 10.5. The van der Waals surface area contributed by atoms with Crippen LogP contribution in [0.3, 0.4) is 0 Å². The number of hydrogen-bond acceptors (Lipinski definition) is 5. The number of halogens is 1. The van der Waals surface area contributed by atoms with Crippen LogP contribution in [-0.2, 0) is 22.7 Å². The summed E-state index contributed by atoms with van der Waals surface area (Å²) in [5.74, 6) is 0. The molecule has 0 aliphatic rings. The minimum Gasteiger partial charge on any atom is -0.324 e. The second-order valence-corrected chi connectivity index (χ2v) is 10.1. The molecule has 1 aromatic carbocycles. The molecule has 0 N–H and O–H groups in total. The van der Waals surface area contributed by atoms with Crippen molar-refractivity contribution in [1.29, 1.82) is 0 Å². The fraction of sp³-hybridized carbons (Fsp3) is 0.538. The van der Waals surface area contributed by atoms with E-state index in [1.807, 2.05) is 0 Å². The van der Waals surface area contributed by atoms with Crippen molar-refractivity contribution in [2.45, 2.75) is 25.6 Å². The minimum atomic E-state index is -3.75. The van der Waals surface area contributed by atoms with Crippen LogP contribution >= 0.6 is 26.6 Å². The summed E-state index contributed by atoms with van der Waals surface area (Å²) in [6.45, 7) is 5.49. The first kappa shape index (κ1) is 18.9. The summed E-state index contributed by atoms with van der Waals surface area (Å²) in [5, 5.41) is 0.395. The van der Waals surface area contributed by atoms with Crippen molar-refractivity contribution in [2.75, 3.05) is 19.8 Å². The summed E-state index contributed by atoms with van der Waals surface area (Å²) in [6, 6.07) is 8.49. The second kappa shape index (κ2) is 8.47. The van der Waals surface area contributed by atoms with Gasteiger partial charge in [-0.3, -0.25) is 9.13 Å². The van der Waals surface area contributed by atoms with E-state index < -0.39 is 19.8 Å². The van der Waals surface area contributed by atoms with Crippen LogP contribution in [0.15, 0.2) is 30.3 Å². The van der Waals surface area contributed by atoms with E-state index in [9.17, 15) is 9.13 Å². The molecule has 1 aromatic rings. The molecule has 0 unspecified atom stereocenters. The highest BCUT2D eigenvalue weighted by Crippen LogP contribution is 2.70. The van der Waals surface area contributed by atoms with Crippen LogP contribution in [-0.4, -0.2) is 24.7 Å². The van der Waals surface area contributed by atoms with Crippen LogP contribution < -0.4 is 5.30 Å². The van der Waals surface area contributed by atoms with Gasteiger partial charge in [0.15, 0.2) is 0 Å². The molecule has 21 heavy (non-hydrogen) atoms. The van der Waals surface area contributed by atoms with Gasteiger partial charge in [-0.15, -0.1) is 0 Å². The highest BCUT2D eigenvalue weighted by Gasteiger charge is 2.49. The average Bonchev–Trinajstić information content (AvgIpc) is 2.48. The Balaban J connectivity index is 3.26. The molecule has 0 aromatic heterocycles. The summed E-state index contributed by atoms with van der Waals surface area (Å²) >= 11 is 6.26. The standard InChI is InChI=1S/C13H21ClO5P2/c1-4-17-20(15,12-10-8-7-9-11-12)13(14)21(16,18-5-2)19-6-3/h7-11,13H,4-6H2,1-3H3/t13-,20-/m0/s1. The van der Waals surface area contributed by atoms with E-state index in [-0.39, 0.29) is 19.8 Å². The van der Waals surface area contributed by atoms with E-state index in [0.717, 1.165) is 0 Å². The largest absolute Gasteiger partial charge is 0.358 e. The zero-order valence-corrected chi connectivity index (χ0v) is 14.9. The molecule has 5 nitrogen and oxygen atoms in total. The van der Waals surface area contributed by atoms with Crippen molar-refractivity contribution in [3.63, 3.8) is 0 Å². The summed E-state index contributed by atoms with van der Waals surface area (Å²) in [5.41, 5.74) is 0. The quantitative estimate of drug-likeness (QED) is 0.485. The zero-order chi connectivity index (χ0) is 15.9. The Kier molecular flexibility index (Phi) is 7.63. The first-order chi connectivity index (χ1) is 9.94. The van der Waals surface area contributed by atoms with Gasteiger partial charge in [-0.1, -0.05) is 29.8 Å². The van der Waals surface area contributed by atoms with Gasteiger partial charge in [0.05, 0.1) is 19.8 Å². The average molecular weight is 355 g/mol. The molecule has 0 aliphatic heterocycles. The molecule has 0 radical (unpaired) electrons. The molecular weight excluding hydrogens is 334 g/mol. The Bertz CT molecular complexity index is 513. The maximum Gasteiger partial charge on any atom is 0.358 e. The molecule has 0 saturated carbocycles. The van der Waals surface area contributed by atoms with Crippen LogP contribution in [0.1, 0.15) is 20.8 Å². The lowest BCUT2D eigenvalue weighted by molar-refractivity contribution is 0.220. The number of benzene rings is 1. The van der Waals surface area contributed by atoms with Gasteiger partial charge in [0, 0.05) is 5.30 Å². The SMILES string of the molecule is CCOP(=O)(OCC)[C@@H](Cl)[P@@](=O)(OCC)c1ccccc1. The lowest BCUT2D eigenvalue weighted by Crippen LogP contribution is -2.18.